The first-order valence-corrected chi connectivity index (χ1v) is 15.7. The molecule has 3 N–H and O–H groups in total. The molecular weight excluding hydrogens is 603 g/mol. The van der Waals surface area contributed by atoms with Crippen LogP contribution in [0.3, 0.4) is 0 Å². The number of nitrogens with zero attached hydrogens (tertiary/aromatic N) is 3. The second-order valence-corrected chi connectivity index (χ2v) is 11.7. The third-order valence-corrected chi connectivity index (χ3v) is 8.33. The second kappa shape index (κ2) is 14.5. The van der Waals surface area contributed by atoms with Gasteiger partial charge in [-0.1, -0.05) is 18.2 Å². The van der Waals surface area contributed by atoms with Crippen LogP contribution in [0.5, 0.6) is 0 Å². The van der Waals surface area contributed by atoms with Crippen molar-refractivity contribution in [3.8, 4) is 11.3 Å². The lowest BCUT2D eigenvalue weighted by Crippen LogP contribution is -2.29. The van der Waals surface area contributed by atoms with E-state index in [1.807, 2.05) is 24.3 Å². The number of nitrogens with one attached hydrogen (secondary N) is 2. The molecule has 0 bridgehead atoms. The summed E-state index contributed by atoms with van der Waals surface area (Å²) in [6.07, 6.45) is 0.256. The maximum atomic E-state index is 13.4. The largest absolute Gasteiger partial charge is 0.481 e. The minimum atomic E-state index is -4.48. The molecule has 2 heterocycles. The highest BCUT2D eigenvalue weighted by atomic mass is 32.2. The van der Waals surface area contributed by atoms with Crippen LogP contribution in [-0.4, -0.2) is 45.8 Å². The fourth-order valence-corrected chi connectivity index (χ4v) is 5.92. The molecule has 8 nitrogen and oxygen atoms in total. The van der Waals surface area contributed by atoms with Gasteiger partial charge in [0.1, 0.15) is 12.1 Å². The summed E-state index contributed by atoms with van der Waals surface area (Å²) < 4.78 is 39.8. The molecule has 3 aromatic carbocycles. The van der Waals surface area contributed by atoms with Gasteiger partial charge in [0.2, 0.25) is 0 Å². The van der Waals surface area contributed by atoms with E-state index in [4.69, 9.17) is 5.11 Å². The van der Waals surface area contributed by atoms with E-state index in [9.17, 15) is 22.8 Å². The summed E-state index contributed by atoms with van der Waals surface area (Å²) in [5, 5.41) is 14.8. The number of aromatic nitrogens is 2. The average Bonchev–Trinajstić information content (AvgIpc) is 3.03. The number of alkyl halides is 3. The topological polar surface area (TPSA) is 107 Å². The first-order valence-electron chi connectivity index (χ1n) is 14.5. The monoisotopic (exact) mass is 635 g/mol. The Kier molecular flexibility index (Phi) is 10.2. The number of piperidine rings is 1. The molecule has 0 unspecified atom stereocenters. The van der Waals surface area contributed by atoms with Gasteiger partial charge in [-0.05, 0) is 73.4 Å². The normalized spacial score (nSPS) is 13.4. The molecule has 1 aliphatic heterocycles. The number of amides is 1. The van der Waals surface area contributed by atoms with Crippen LogP contribution in [0, 0.1) is 0 Å². The van der Waals surface area contributed by atoms with Gasteiger partial charge in [0, 0.05) is 53.2 Å². The second-order valence-electron chi connectivity index (χ2n) is 10.6. The van der Waals surface area contributed by atoms with Crippen molar-refractivity contribution in [3.05, 3.63) is 95.8 Å². The van der Waals surface area contributed by atoms with Crippen molar-refractivity contribution in [1.82, 2.24) is 9.97 Å². The van der Waals surface area contributed by atoms with Crippen LogP contribution in [-0.2, 0) is 16.7 Å². The van der Waals surface area contributed by atoms with Crippen LogP contribution in [0.2, 0.25) is 0 Å². The van der Waals surface area contributed by atoms with Crippen molar-refractivity contribution in [2.45, 2.75) is 37.6 Å². The van der Waals surface area contributed by atoms with Gasteiger partial charge in [-0.2, -0.15) is 24.9 Å². The molecule has 4 aromatic rings. The van der Waals surface area contributed by atoms with Gasteiger partial charge < -0.3 is 20.6 Å². The molecular formula is C33H32F3N5O3S. The predicted molar refractivity (Wildman–Crippen MR) is 171 cm³/mol. The zero-order valence-electron chi connectivity index (χ0n) is 24.3. The summed E-state index contributed by atoms with van der Waals surface area (Å²) in [5.74, 6) is 0.179. The van der Waals surface area contributed by atoms with E-state index in [2.05, 4.69) is 25.5 Å². The van der Waals surface area contributed by atoms with Crippen molar-refractivity contribution in [2.75, 3.05) is 34.4 Å². The van der Waals surface area contributed by atoms with Crippen LogP contribution >= 0.6 is 11.8 Å². The number of benzene rings is 3. The fourth-order valence-electron chi connectivity index (χ4n) is 5.04. The number of hydrogen-bond acceptors (Lipinski definition) is 7. The predicted octanol–water partition coefficient (Wildman–Crippen LogP) is 7.86. The Morgan fingerprint density at radius 3 is 2.51 bits per heavy atom. The number of carbonyl (C=O) groups is 2. The van der Waals surface area contributed by atoms with Crippen molar-refractivity contribution in [3.63, 3.8) is 0 Å². The van der Waals surface area contributed by atoms with Crippen LogP contribution < -0.4 is 15.5 Å². The summed E-state index contributed by atoms with van der Waals surface area (Å²) in [5.41, 5.74) is 3.43. The molecule has 234 valence electrons. The van der Waals surface area contributed by atoms with E-state index in [-0.39, 0.29) is 18.0 Å². The minimum Gasteiger partial charge on any atom is -0.481 e. The molecule has 12 heteroatoms. The van der Waals surface area contributed by atoms with Gasteiger partial charge in [-0.3, -0.25) is 9.59 Å². The molecule has 1 fully saturated rings. The van der Waals surface area contributed by atoms with Gasteiger partial charge in [0.25, 0.3) is 5.91 Å². The summed E-state index contributed by atoms with van der Waals surface area (Å²) in [7, 11) is 0. The van der Waals surface area contributed by atoms with Crippen LogP contribution in [0.1, 0.15) is 47.2 Å². The summed E-state index contributed by atoms with van der Waals surface area (Å²) >= 11 is 1.48. The van der Waals surface area contributed by atoms with Crippen molar-refractivity contribution in [1.29, 1.82) is 0 Å². The third kappa shape index (κ3) is 8.75. The number of carboxylic acid groups (broad SMARTS) is 1. The first kappa shape index (κ1) is 31.8. The standard InChI is InChI=1S/C33H32F3N5O3S/c34-33(35,36)24-8-5-9-25(17-24)39-30-19-29(37-21-38-30)27-18-26(41-13-2-1-3-14-41)10-11-28(27)40-32(44)23-7-4-6-22(16-23)20-45-15-12-31(42)43/h4-11,16-19,21H,1-3,12-15,20H2,(H,40,44)(H,42,43)(H,37,38,39). The zero-order chi connectivity index (χ0) is 31.8. The molecule has 0 atom stereocenters. The van der Waals surface area contributed by atoms with Gasteiger partial charge >= 0.3 is 12.1 Å². The SMILES string of the molecule is O=C(O)CCSCc1cccc(C(=O)Nc2ccc(N3CCCCC3)cc2-c2cc(Nc3cccc(C(F)(F)F)c3)ncn2)c1. The number of carbonyl (C=O) groups excluding carboxylic acids is 1. The van der Waals surface area contributed by atoms with Crippen molar-refractivity contribution >= 4 is 46.5 Å². The van der Waals surface area contributed by atoms with E-state index >= 15 is 0 Å². The van der Waals surface area contributed by atoms with E-state index in [0.717, 1.165) is 49.3 Å². The smallest absolute Gasteiger partial charge is 0.416 e. The Morgan fingerprint density at radius 2 is 1.73 bits per heavy atom. The van der Waals surface area contributed by atoms with Gasteiger partial charge in [0.05, 0.1) is 23.4 Å². The number of thioether (sulfide) groups is 1. The first-order chi connectivity index (χ1) is 21.7. The van der Waals surface area contributed by atoms with Crippen LogP contribution in [0.4, 0.5) is 36.1 Å². The molecule has 0 aliphatic carbocycles. The van der Waals surface area contributed by atoms with Crippen molar-refractivity contribution in [2.24, 2.45) is 0 Å². The van der Waals surface area contributed by atoms with E-state index in [1.165, 1.54) is 36.6 Å². The highest BCUT2D eigenvalue weighted by Gasteiger charge is 2.30. The molecule has 5 rings (SSSR count). The zero-order valence-corrected chi connectivity index (χ0v) is 25.1. The number of halogens is 3. The Bertz CT molecular complexity index is 1660. The summed E-state index contributed by atoms with van der Waals surface area (Å²) in [4.78, 5) is 35.2. The maximum Gasteiger partial charge on any atom is 0.416 e. The van der Waals surface area contributed by atoms with E-state index in [0.29, 0.717) is 39.8 Å². The van der Waals surface area contributed by atoms with Crippen LogP contribution in [0.25, 0.3) is 11.3 Å². The van der Waals surface area contributed by atoms with Gasteiger partial charge in [-0.25, -0.2) is 9.97 Å². The maximum absolute atomic E-state index is 13.4. The Morgan fingerprint density at radius 1 is 0.933 bits per heavy atom. The lowest BCUT2D eigenvalue weighted by molar-refractivity contribution is -0.138. The number of carboxylic acids is 1. The lowest BCUT2D eigenvalue weighted by atomic mass is 10.0. The summed E-state index contributed by atoms with van der Waals surface area (Å²) in [6, 6.07) is 19.5. The number of hydrogen-bond donors (Lipinski definition) is 3. The quantitative estimate of drug-likeness (QED) is 0.143. The highest BCUT2D eigenvalue weighted by molar-refractivity contribution is 7.98. The van der Waals surface area contributed by atoms with Crippen molar-refractivity contribution < 1.29 is 27.9 Å². The van der Waals surface area contributed by atoms with Gasteiger partial charge in [0.15, 0.2) is 0 Å². The molecule has 1 aromatic heterocycles. The average molecular weight is 636 g/mol. The van der Waals surface area contributed by atoms with E-state index in [1.54, 1.807) is 24.3 Å². The summed E-state index contributed by atoms with van der Waals surface area (Å²) in [6.45, 7) is 1.82. The minimum absolute atomic E-state index is 0.0707. The third-order valence-electron chi connectivity index (χ3n) is 7.30. The highest BCUT2D eigenvalue weighted by Crippen LogP contribution is 2.35. The van der Waals surface area contributed by atoms with E-state index < -0.39 is 17.7 Å². The van der Waals surface area contributed by atoms with Crippen LogP contribution in [0.15, 0.2) is 79.1 Å². The molecule has 0 radical (unpaired) electrons. The van der Waals surface area contributed by atoms with Gasteiger partial charge in [-0.15, -0.1) is 0 Å². The molecule has 0 spiro atoms. The number of aliphatic carboxylic acids is 1. The lowest BCUT2D eigenvalue weighted by Gasteiger charge is -2.29. The number of anilines is 4. The molecule has 0 saturated carbocycles. The Labute approximate surface area is 263 Å². The molecule has 45 heavy (non-hydrogen) atoms. The molecule has 1 amide bonds. The Balaban J connectivity index is 1.41. The Hall–Kier alpha value is -4.58. The fraction of sp³-hybridized carbons (Fsp3) is 0.273. The molecule has 1 aliphatic rings. The molecule has 1 saturated heterocycles. The number of rotatable bonds is 11.